The fraction of sp³-hybridized carbons (Fsp3) is 0.316. The highest BCUT2D eigenvalue weighted by molar-refractivity contribution is 5.95. The molecule has 5 heteroatoms. The number of amides is 1. The van der Waals surface area contributed by atoms with Gasteiger partial charge in [-0.25, -0.2) is 4.39 Å². The molecule has 0 aromatic heterocycles. The predicted molar refractivity (Wildman–Crippen MR) is 95.9 cm³/mol. The van der Waals surface area contributed by atoms with Crippen LogP contribution >= 0.6 is 0 Å². The molecule has 24 heavy (non-hydrogen) atoms. The Morgan fingerprint density at radius 2 is 1.79 bits per heavy atom. The van der Waals surface area contributed by atoms with Crippen LogP contribution in [0, 0.1) is 5.82 Å². The summed E-state index contributed by atoms with van der Waals surface area (Å²) in [6, 6.07) is 13.8. The SMILES string of the molecule is CN(C)c1cccc(C(=O)NC[C@H](c2cccc(F)c2)N(C)C)c1. The van der Waals surface area contributed by atoms with E-state index in [1.807, 2.05) is 62.3 Å². The van der Waals surface area contributed by atoms with Crippen molar-refractivity contribution in [1.29, 1.82) is 0 Å². The number of likely N-dealkylation sites (N-methyl/N-ethyl adjacent to an activating group) is 1. The van der Waals surface area contributed by atoms with Crippen molar-refractivity contribution in [3.05, 3.63) is 65.5 Å². The topological polar surface area (TPSA) is 35.6 Å². The molecule has 0 aliphatic rings. The number of rotatable bonds is 6. The fourth-order valence-corrected chi connectivity index (χ4v) is 2.53. The third-order valence-electron chi connectivity index (χ3n) is 3.94. The smallest absolute Gasteiger partial charge is 0.251 e. The van der Waals surface area contributed by atoms with E-state index in [4.69, 9.17) is 0 Å². The van der Waals surface area contributed by atoms with Gasteiger partial charge in [0.15, 0.2) is 0 Å². The molecular formula is C19H24FN3O. The third-order valence-corrected chi connectivity index (χ3v) is 3.94. The van der Waals surface area contributed by atoms with Crippen molar-refractivity contribution >= 4 is 11.6 Å². The number of carbonyl (C=O) groups is 1. The van der Waals surface area contributed by atoms with Crippen LogP contribution < -0.4 is 10.2 Å². The van der Waals surface area contributed by atoms with Gasteiger partial charge < -0.3 is 15.1 Å². The van der Waals surface area contributed by atoms with Gasteiger partial charge in [0.2, 0.25) is 0 Å². The van der Waals surface area contributed by atoms with Gasteiger partial charge in [0.1, 0.15) is 5.82 Å². The Hall–Kier alpha value is -2.40. The normalized spacial score (nSPS) is 12.1. The Morgan fingerprint density at radius 3 is 2.42 bits per heavy atom. The molecule has 1 amide bonds. The first kappa shape index (κ1) is 17.9. The van der Waals surface area contributed by atoms with Crippen LogP contribution in [0.2, 0.25) is 0 Å². The molecule has 1 N–H and O–H groups in total. The number of carbonyl (C=O) groups excluding carboxylic acids is 1. The van der Waals surface area contributed by atoms with E-state index in [0.29, 0.717) is 12.1 Å². The number of benzene rings is 2. The molecule has 2 aromatic carbocycles. The number of halogens is 1. The summed E-state index contributed by atoms with van der Waals surface area (Å²) in [6.07, 6.45) is 0. The van der Waals surface area contributed by atoms with E-state index in [-0.39, 0.29) is 17.8 Å². The largest absolute Gasteiger partial charge is 0.378 e. The lowest BCUT2D eigenvalue weighted by molar-refractivity contribution is 0.0942. The van der Waals surface area contributed by atoms with Gasteiger partial charge in [0, 0.05) is 31.9 Å². The van der Waals surface area contributed by atoms with Crippen LogP contribution in [0.1, 0.15) is 22.0 Å². The Kier molecular flexibility index (Phi) is 5.93. The van der Waals surface area contributed by atoms with Gasteiger partial charge >= 0.3 is 0 Å². The van der Waals surface area contributed by atoms with E-state index in [1.165, 1.54) is 12.1 Å². The van der Waals surface area contributed by atoms with E-state index < -0.39 is 0 Å². The number of hydrogen-bond acceptors (Lipinski definition) is 3. The standard InChI is InChI=1S/C19H24FN3O/c1-22(2)17-10-6-8-15(12-17)19(24)21-13-18(23(3)4)14-7-5-9-16(20)11-14/h5-12,18H,13H2,1-4H3,(H,21,24)/t18-/m1/s1. The molecule has 4 nitrogen and oxygen atoms in total. The molecular weight excluding hydrogens is 305 g/mol. The number of anilines is 1. The maximum atomic E-state index is 13.5. The lowest BCUT2D eigenvalue weighted by Gasteiger charge is -2.25. The molecule has 0 aliphatic heterocycles. The van der Waals surface area contributed by atoms with Crippen LogP contribution in [-0.2, 0) is 0 Å². The Morgan fingerprint density at radius 1 is 1.08 bits per heavy atom. The van der Waals surface area contributed by atoms with Crippen LogP contribution in [-0.4, -0.2) is 45.5 Å². The monoisotopic (exact) mass is 329 g/mol. The number of hydrogen-bond donors (Lipinski definition) is 1. The van der Waals surface area contributed by atoms with Gasteiger partial charge in [-0.15, -0.1) is 0 Å². The van der Waals surface area contributed by atoms with Gasteiger partial charge in [-0.1, -0.05) is 18.2 Å². The molecule has 0 spiro atoms. The second-order valence-corrected chi connectivity index (χ2v) is 6.19. The van der Waals surface area contributed by atoms with Crippen molar-refractivity contribution in [3.8, 4) is 0 Å². The van der Waals surface area contributed by atoms with Gasteiger partial charge in [-0.2, -0.15) is 0 Å². The van der Waals surface area contributed by atoms with Gasteiger partial charge in [0.25, 0.3) is 5.91 Å². The second kappa shape index (κ2) is 7.93. The van der Waals surface area contributed by atoms with Gasteiger partial charge in [-0.05, 0) is 50.0 Å². The molecule has 0 fully saturated rings. The lowest BCUT2D eigenvalue weighted by atomic mass is 10.1. The average Bonchev–Trinajstić information content (AvgIpc) is 2.54. The maximum absolute atomic E-state index is 13.5. The zero-order valence-electron chi connectivity index (χ0n) is 14.6. The highest BCUT2D eigenvalue weighted by Crippen LogP contribution is 2.19. The first-order valence-electron chi connectivity index (χ1n) is 7.86. The molecule has 2 aromatic rings. The summed E-state index contributed by atoms with van der Waals surface area (Å²) in [4.78, 5) is 16.3. The minimum absolute atomic E-state index is 0.0957. The lowest BCUT2D eigenvalue weighted by Crippen LogP contribution is -2.34. The molecule has 1 atom stereocenters. The van der Waals surface area contributed by atoms with Crippen LogP contribution in [0.4, 0.5) is 10.1 Å². The predicted octanol–water partition coefficient (Wildman–Crippen LogP) is 2.92. The van der Waals surface area contributed by atoms with E-state index in [9.17, 15) is 9.18 Å². The highest BCUT2D eigenvalue weighted by atomic mass is 19.1. The van der Waals surface area contributed by atoms with E-state index >= 15 is 0 Å². The summed E-state index contributed by atoms with van der Waals surface area (Å²) in [5, 5.41) is 2.94. The third kappa shape index (κ3) is 4.55. The summed E-state index contributed by atoms with van der Waals surface area (Å²) < 4.78 is 13.5. The second-order valence-electron chi connectivity index (χ2n) is 6.19. The van der Waals surface area contributed by atoms with Crippen molar-refractivity contribution in [3.63, 3.8) is 0 Å². The zero-order chi connectivity index (χ0) is 17.7. The van der Waals surface area contributed by atoms with E-state index in [2.05, 4.69) is 5.32 Å². The van der Waals surface area contributed by atoms with Crippen LogP contribution in [0.25, 0.3) is 0 Å². The molecule has 0 saturated carbocycles. The fourth-order valence-electron chi connectivity index (χ4n) is 2.53. The summed E-state index contributed by atoms with van der Waals surface area (Å²) in [7, 11) is 7.69. The first-order chi connectivity index (χ1) is 11.4. The van der Waals surface area contributed by atoms with Crippen molar-refractivity contribution in [2.45, 2.75) is 6.04 Å². The Bertz CT molecular complexity index is 701. The molecule has 0 aliphatic carbocycles. The van der Waals surface area contributed by atoms with Crippen LogP contribution in [0.3, 0.4) is 0 Å². The van der Waals surface area contributed by atoms with Gasteiger partial charge in [0.05, 0.1) is 6.04 Å². The minimum atomic E-state index is -0.274. The first-order valence-corrected chi connectivity index (χ1v) is 7.86. The maximum Gasteiger partial charge on any atom is 0.251 e. The Balaban J connectivity index is 2.09. The van der Waals surface area contributed by atoms with Crippen molar-refractivity contribution in [2.75, 3.05) is 39.6 Å². The van der Waals surface area contributed by atoms with Crippen molar-refractivity contribution in [2.24, 2.45) is 0 Å². The molecule has 0 saturated heterocycles. The molecule has 0 bridgehead atoms. The minimum Gasteiger partial charge on any atom is -0.378 e. The number of nitrogens with zero attached hydrogens (tertiary/aromatic N) is 2. The van der Waals surface area contributed by atoms with Crippen LogP contribution in [0.5, 0.6) is 0 Å². The molecule has 128 valence electrons. The molecule has 0 unspecified atom stereocenters. The van der Waals surface area contributed by atoms with E-state index in [0.717, 1.165) is 11.3 Å². The van der Waals surface area contributed by atoms with Crippen LogP contribution in [0.15, 0.2) is 48.5 Å². The van der Waals surface area contributed by atoms with E-state index in [1.54, 1.807) is 12.1 Å². The summed E-state index contributed by atoms with van der Waals surface area (Å²) in [5.74, 6) is -0.411. The number of nitrogens with one attached hydrogen (secondary N) is 1. The summed E-state index contributed by atoms with van der Waals surface area (Å²) in [6.45, 7) is 0.404. The molecule has 2 rings (SSSR count). The summed E-state index contributed by atoms with van der Waals surface area (Å²) >= 11 is 0. The Labute approximate surface area is 142 Å². The average molecular weight is 329 g/mol. The van der Waals surface area contributed by atoms with Crippen molar-refractivity contribution < 1.29 is 9.18 Å². The van der Waals surface area contributed by atoms with Crippen molar-refractivity contribution in [1.82, 2.24) is 10.2 Å². The highest BCUT2D eigenvalue weighted by Gasteiger charge is 2.16. The summed E-state index contributed by atoms with van der Waals surface area (Å²) in [5.41, 5.74) is 2.41. The molecule has 0 radical (unpaired) electrons. The quantitative estimate of drug-likeness (QED) is 0.885. The zero-order valence-corrected chi connectivity index (χ0v) is 14.6. The molecule has 0 heterocycles. The van der Waals surface area contributed by atoms with Gasteiger partial charge in [-0.3, -0.25) is 4.79 Å².